The van der Waals surface area contributed by atoms with E-state index in [2.05, 4.69) is 12.1 Å². The third kappa shape index (κ3) is 4.09. The van der Waals surface area contributed by atoms with E-state index in [1.807, 2.05) is 61.1 Å². The zero-order valence-electron chi connectivity index (χ0n) is 22.0. The quantitative estimate of drug-likeness (QED) is 0.239. The monoisotopic (exact) mass is 476 g/mol. The molecule has 2 aromatic heterocycles. The van der Waals surface area contributed by atoms with Crippen LogP contribution >= 0.6 is 0 Å². The molecule has 0 fully saturated rings. The highest BCUT2D eigenvalue weighted by Gasteiger charge is 2.46. The first kappa shape index (κ1) is 20.7. The molecular formula is C30H27F3NO+. The van der Waals surface area contributed by atoms with Crippen molar-refractivity contribution in [1.29, 1.82) is 0 Å². The van der Waals surface area contributed by atoms with Gasteiger partial charge in [0.05, 0.1) is 11.0 Å². The summed E-state index contributed by atoms with van der Waals surface area (Å²) in [7, 11) is 1.94. The van der Waals surface area contributed by atoms with Gasteiger partial charge >= 0.3 is 6.18 Å². The van der Waals surface area contributed by atoms with Crippen LogP contribution in [0.2, 0.25) is 0 Å². The van der Waals surface area contributed by atoms with Crippen molar-refractivity contribution in [2.24, 2.45) is 12.5 Å². The van der Waals surface area contributed by atoms with Gasteiger partial charge in [0.2, 0.25) is 5.69 Å². The molecule has 0 unspecified atom stereocenters. The SMILES string of the molecule is [2H]C([2H])(c1ccc(-c2ccc(-c3c(C)ccc4c3oc3ccccc34)[n+](C)c2)cc1)C(C)(C)C(F)(F)F. The minimum atomic E-state index is -4.68. The van der Waals surface area contributed by atoms with E-state index >= 15 is 0 Å². The van der Waals surface area contributed by atoms with Crippen LogP contribution in [-0.2, 0) is 13.4 Å². The van der Waals surface area contributed by atoms with Crippen LogP contribution in [0.25, 0.3) is 44.3 Å². The average Bonchev–Trinajstić information content (AvgIpc) is 3.22. The molecule has 0 aliphatic heterocycles. The van der Waals surface area contributed by atoms with Crippen LogP contribution in [0.1, 0.15) is 27.7 Å². The Labute approximate surface area is 205 Å². The van der Waals surface area contributed by atoms with Crippen LogP contribution in [0.5, 0.6) is 0 Å². The Kier molecular flexibility index (Phi) is 4.90. The molecule has 0 atom stereocenters. The summed E-state index contributed by atoms with van der Waals surface area (Å²) < 4.78 is 65.3. The molecule has 0 radical (unpaired) electrons. The number of benzene rings is 3. The number of pyridine rings is 1. The smallest absolute Gasteiger partial charge is 0.394 e. The maximum absolute atomic E-state index is 13.5. The standard InChI is InChI=1S/C30H27F3NO/c1-19-9-15-24-23-7-5-6-8-26(23)35-28(24)27(19)25-16-14-22(18-34(25)4)21-12-10-20(11-13-21)17-29(2,3)30(31,32)33/h5-16,18H,17H2,1-4H3/q+1/i17D2. The number of fused-ring (bicyclic) bond motifs is 3. The molecule has 5 rings (SSSR count). The summed E-state index contributed by atoms with van der Waals surface area (Å²) in [6, 6.07) is 22.3. The molecule has 2 nitrogen and oxygen atoms in total. The van der Waals surface area contributed by atoms with Gasteiger partial charge in [-0.3, -0.25) is 0 Å². The maximum Gasteiger partial charge on any atom is 0.394 e. The Morgan fingerprint density at radius 3 is 2.23 bits per heavy atom. The van der Waals surface area contributed by atoms with Gasteiger partial charge in [-0.25, -0.2) is 4.57 Å². The molecule has 5 heteroatoms. The van der Waals surface area contributed by atoms with E-state index < -0.39 is 18.0 Å². The van der Waals surface area contributed by atoms with E-state index in [0.29, 0.717) is 0 Å². The normalized spacial score (nSPS) is 13.8. The highest BCUT2D eigenvalue weighted by molar-refractivity contribution is 6.09. The molecule has 0 bridgehead atoms. The highest BCUT2D eigenvalue weighted by Crippen LogP contribution is 2.40. The fourth-order valence-electron chi connectivity index (χ4n) is 4.42. The lowest BCUT2D eigenvalue weighted by atomic mass is 9.85. The molecule has 35 heavy (non-hydrogen) atoms. The first-order chi connectivity index (χ1) is 17.3. The van der Waals surface area contributed by atoms with Crippen LogP contribution in [0.15, 0.2) is 83.4 Å². The van der Waals surface area contributed by atoms with Crippen LogP contribution in [-0.4, -0.2) is 6.18 Å². The summed E-state index contributed by atoms with van der Waals surface area (Å²) in [5, 5.41) is 2.11. The molecule has 178 valence electrons. The van der Waals surface area contributed by atoms with E-state index in [1.54, 1.807) is 12.1 Å². The number of aromatic nitrogens is 1. The Hall–Kier alpha value is -3.60. The minimum absolute atomic E-state index is 0.00763. The Bertz CT molecular complexity index is 1630. The Balaban J connectivity index is 1.53. The van der Waals surface area contributed by atoms with Gasteiger partial charge in [0.15, 0.2) is 6.20 Å². The largest absolute Gasteiger partial charge is 0.455 e. The molecule has 0 aliphatic carbocycles. The summed E-state index contributed by atoms with van der Waals surface area (Å²) in [5.74, 6) is 0. The molecule has 0 saturated heterocycles. The molecule has 2 heterocycles. The third-order valence-electron chi connectivity index (χ3n) is 6.53. The van der Waals surface area contributed by atoms with Crippen LogP contribution < -0.4 is 4.57 Å². The second-order valence-electron chi connectivity index (χ2n) is 9.47. The zero-order valence-corrected chi connectivity index (χ0v) is 20.0. The molecule has 5 aromatic rings. The third-order valence-corrected chi connectivity index (χ3v) is 6.53. The Morgan fingerprint density at radius 2 is 1.54 bits per heavy atom. The van der Waals surface area contributed by atoms with Crippen molar-refractivity contribution in [3.63, 3.8) is 0 Å². The lowest BCUT2D eigenvalue weighted by Gasteiger charge is -2.27. The van der Waals surface area contributed by atoms with Gasteiger partial charge in [-0.05, 0) is 42.1 Å². The van der Waals surface area contributed by atoms with Crippen molar-refractivity contribution >= 4 is 21.9 Å². The van der Waals surface area contributed by atoms with Crippen molar-refractivity contribution < 1.29 is 24.9 Å². The van der Waals surface area contributed by atoms with Crippen molar-refractivity contribution in [3.8, 4) is 22.4 Å². The summed E-state index contributed by atoms with van der Waals surface area (Å²) in [6.45, 7) is 3.83. The van der Waals surface area contributed by atoms with Gasteiger partial charge in [0.1, 0.15) is 18.2 Å². The number of halogens is 3. The van der Waals surface area contributed by atoms with Crippen molar-refractivity contribution in [1.82, 2.24) is 0 Å². The van der Waals surface area contributed by atoms with E-state index in [4.69, 9.17) is 7.16 Å². The number of furan rings is 1. The molecule has 0 aliphatic rings. The summed E-state index contributed by atoms with van der Waals surface area (Å²) in [6.07, 6.45) is -5.31. The molecule has 0 N–H and O–H groups in total. The van der Waals surface area contributed by atoms with Crippen LogP contribution in [0.4, 0.5) is 13.2 Å². The maximum atomic E-state index is 13.5. The number of hydrogen-bond acceptors (Lipinski definition) is 1. The van der Waals surface area contributed by atoms with Gasteiger partial charge in [0, 0.05) is 25.1 Å². The predicted octanol–water partition coefficient (Wildman–Crippen LogP) is 8.18. The van der Waals surface area contributed by atoms with Crippen molar-refractivity contribution in [2.75, 3.05) is 0 Å². The number of rotatable bonds is 4. The molecule has 0 saturated carbocycles. The van der Waals surface area contributed by atoms with Gasteiger partial charge in [0.25, 0.3) is 0 Å². The predicted molar refractivity (Wildman–Crippen MR) is 134 cm³/mol. The van der Waals surface area contributed by atoms with Crippen LogP contribution in [0.3, 0.4) is 0 Å². The fraction of sp³-hybridized carbons (Fsp3) is 0.233. The molecule has 3 aromatic carbocycles. The number of alkyl halides is 3. The first-order valence-corrected chi connectivity index (χ1v) is 11.4. The van der Waals surface area contributed by atoms with Gasteiger partial charge in [-0.15, -0.1) is 0 Å². The van der Waals surface area contributed by atoms with Crippen molar-refractivity contribution in [3.05, 3.63) is 90.1 Å². The molecule has 0 spiro atoms. The Morgan fingerprint density at radius 1 is 0.857 bits per heavy atom. The second kappa shape index (κ2) is 8.26. The average molecular weight is 477 g/mol. The number of nitrogens with zero attached hydrogens (tertiary/aromatic N) is 1. The van der Waals surface area contributed by atoms with Gasteiger partial charge in [-0.1, -0.05) is 68.4 Å². The summed E-state index contributed by atoms with van der Waals surface area (Å²) in [5.41, 5.74) is 3.80. The van der Waals surface area contributed by atoms with E-state index in [-0.39, 0.29) is 5.56 Å². The van der Waals surface area contributed by atoms with E-state index in [9.17, 15) is 13.2 Å². The zero-order chi connectivity index (χ0) is 26.8. The highest BCUT2D eigenvalue weighted by atomic mass is 19.4. The lowest BCUT2D eigenvalue weighted by Crippen LogP contribution is -2.34. The topological polar surface area (TPSA) is 17.0 Å². The summed E-state index contributed by atoms with van der Waals surface area (Å²) >= 11 is 0. The second-order valence-corrected chi connectivity index (χ2v) is 9.47. The number of hydrogen-bond donors (Lipinski definition) is 0. The molecular weight excluding hydrogens is 447 g/mol. The minimum Gasteiger partial charge on any atom is -0.455 e. The summed E-state index contributed by atoms with van der Waals surface area (Å²) in [4.78, 5) is 0. The van der Waals surface area contributed by atoms with Gasteiger partial charge in [-0.2, -0.15) is 13.2 Å². The molecule has 0 amide bonds. The number of para-hydroxylation sites is 1. The van der Waals surface area contributed by atoms with E-state index in [0.717, 1.165) is 63.7 Å². The fourth-order valence-corrected chi connectivity index (χ4v) is 4.42. The lowest BCUT2D eigenvalue weighted by molar-refractivity contribution is -0.659. The van der Waals surface area contributed by atoms with Crippen LogP contribution in [0, 0.1) is 12.3 Å². The van der Waals surface area contributed by atoms with Crippen molar-refractivity contribution in [2.45, 2.75) is 33.3 Å². The van der Waals surface area contributed by atoms with Gasteiger partial charge < -0.3 is 4.42 Å². The van der Waals surface area contributed by atoms with E-state index in [1.165, 1.54) is 12.1 Å². The number of aryl methyl sites for hydroxylation is 2. The first-order valence-electron chi connectivity index (χ1n) is 12.4.